The van der Waals surface area contributed by atoms with Gasteiger partial charge in [0, 0.05) is 17.4 Å². The first-order valence-electron chi connectivity index (χ1n) is 5.21. The standard InChI is InChI=1S/C13H11ClN2O2/c1-18-13-9(14)2-3-10(15)12(13)11-6-8(7-17)4-5-16-11/h2-7H,15H2,1H3. The molecule has 18 heavy (non-hydrogen) atoms. The van der Waals surface area contributed by atoms with E-state index < -0.39 is 0 Å². The molecule has 0 atom stereocenters. The number of carbonyl (C=O) groups excluding carboxylic acids is 1. The Bertz CT molecular complexity index is 600. The van der Waals surface area contributed by atoms with E-state index >= 15 is 0 Å². The number of pyridine rings is 1. The van der Waals surface area contributed by atoms with E-state index in [-0.39, 0.29) is 0 Å². The second kappa shape index (κ2) is 5.06. The van der Waals surface area contributed by atoms with Crippen LogP contribution in [0.15, 0.2) is 30.5 Å². The summed E-state index contributed by atoms with van der Waals surface area (Å²) in [6.45, 7) is 0. The Labute approximate surface area is 109 Å². The van der Waals surface area contributed by atoms with E-state index in [0.717, 1.165) is 6.29 Å². The summed E-state index contributed by atoms with van der Waals surface area (Å²) in [5.41, 5.74) is 8.07. The summed E-state index contributed by atoms with van der Waals surface area (Å²) < 4.78 is 5.24. The molecule has 1 aromatic carbocycles. The van der Waals surface area contributed by atoms with E-state index in [1.54, 1.807) is 30.5 Å². The minimum Gasteiger partial charge on any atom is -0.494 e. The molecule has 0 radical (unpaired) electrons. The Hall–Kier alpha value is -2.07. The first-order chi connectivity index (χ1) is 8.67. The van der Waals surface area contributed by atoms with Gasteiger partial charge in [-0.3, -0.25) is 9.78 Å². The Morgan fingerprint density at radius 1 is 1.39 bits per heavy atom. The van der Waals surface area contributed by atoms with Crippen molar-refractivity contribution < 1.29 is 9.53 Å². The van der Waals surface area contributed by atoms with E-state index in [2.05, 4.69) is 4.98 Å². The fraction of sp³-hybridized carbons (Fsp3) is 0.0769. The lowest BCUT2D eigenvalue weighted by Gasteiger charge is -2.12. The number of hydrogen-bond donors (Lipinski definition) is 1. The summed E-state index contributed by atoms with van der Waals surface area (Å²) in [4.78, 5) is 15.0. The topological polar surface area (TPSA) is 65.2 Å². The molecule has 1 aromatic heterocycles. The molecule has 0 fully saturated rings. The molecule has 5 heteroatoms. The summed E-state index contributed by atoms with van der Waals surface area (Å²) in [5, 5.41) is 0.444. The van der Waals surface area contributed by atoms with Crippen LogP contribution in [-0.2, 0) is 0 Å². The molecule has 0 spiro atoms. The van der Waals surface area contributed by atoms with Gasteiger partial charge in [0.1, 0.15) is 12.0 Å². The molecule has 0 bridgehead atoms. The highest BCUT2D eigenvalue weighted by Gasteiger charge is 2.14. The van der Waals surface area contributed by atoms with Crippen LogP contribution < -0.4 is 10.5 Å². The lowest BCUT2D eigenvalue weighted by molar-refractivity contribution is 0.112. The first kappa shape index (κ1) is 12.4. The summed E-state index contributed by atoms with van der Waals surface area (Å²) in [6, 6.07) is 6.58. The highest BCUT2D eigenvalue weighted by atomic mass is 35.5. The lowest BCUT2D eigenvalue weighted by Crippen LogP contribution is -1.97. The zero-order chi connectivity index (χ0) is 13.1. The van der Waals surface area contributed by atoms with Crippen LogP contribution in [0.3, 0.4) is 0 Å². The molecule has 0 aliphatic heterocycles. The monoisotopic (exact) mass is 262 g/mol. The molecule has 0 unspecified atom stereocenters. The van der Waals surface area contributed by atoms with Gasteiger partial charge in [-0.15, -0.1) is 0 Å². The van der Waals surface area contributed by atoms with Crippen LogP contribution in [-0.4, -0.2) is 18.4 Å². The van der Waals surface area contributed by atoms with Crippen molar-refractivity contribution in [2.45, 2.75) is 0 Å². The van der Waals surface area contributed by atoms with Crippen LogP contribution in [0.2, 0.25) is 5.02 Å². The van der Waals surface area contributed by atoms with Gasteiger partial charge in [-0.25, -0.2) is 0 Å². The maximum Gasteiger partial charge on any atom is 0.150 e. The van der Waals surface area contributed by atoms with Gasteiger partial charge < -0.3 is 10.5 Å². The molecule has 0 aliphatic carbocycles. The molecule has 2 N–H and O–H groups in total. The minimum atomic E-state index is 0.444. The van der Waals surface area contributed by atoms with Crippen LogP contribution in [0, 0.1) is 0 Å². The molecule has 0 aliphatic rings. The summed E-state index contributed by atoms with van der Waals surface area (Å²) >= 11 is 6.05. The third-order valence-corrected chi connectivity index (χ3v) is 2.82. The molecule has 92 valence electrons. The van der Waals surface area contributed by atoms with Crippen molar-refractivity contribution in [1.29, 1.82) is 0 Å². The Kier molecular flexibility index (Phi) is 3.48. The fourth-order valence-electron chi connectivity index (χ4n) is 1.69. The summed E-state index contributed by atoms with van der Waals surface area (Å²) in [5.74, 6) is 0.451. The second-order valence-electron chi connectivity index (χ2n) is 3.64. The highest BCUT2D eigenvalue weighted by molar-refractivity contribution is 6.32. The van der Waals surface area contributed by atoms with Gasteiger partial charge in [-0.05, 0) is 24.3 Å². The number of aldehydes is 1. The quantitative estimate of drug-likeness (QED) is 0.682. The Balaban J connectivity index is 2.69. The zero-order valence-corrected chi connectivity index (χ0v) is 10.4. The van der Waals surface area contributed by atoms with E-state index in [1.165, 1.54) is 7.11 Å². The number of hydrogen-bond acceptors (Lipinski definition) is 4. The summed E-state index contributed by atoms with van der Waals surface area (Å²) in [7, 11) is 1.51. The van der Waals surface area contributed by atoms with Crippen molar-refractivity contribution in [3.05, 3.63) is 41.0 Å². The smallest absolute Gasteiger partial charge is 0.150 e. The maximum absolute atomic E-state index is 10.8. The largest absolute Gasteiger partial charge is 0.494 e. The third-order valence-electron chi connectivity index (χ3n) is 2.52. The lowest BCUT2D eigenvalue weighted by atomic mass is 10.1. The molecular weight excluding hydrogens is 252 g/mol. The molecular formula is C13H11ClN2O2. The minimum absolute atomic E-state index is 0.444. The van der Waals surface area contributed by atoms with Crippen molar-refractivity contribution in [2.75, 3.05) is 12.8 Å². The van der Waals surface area contributed by atoms with Crippen molar-refractivity contribution in [3.8, 4) is 17.0 Å². The summed E-state index contributed by atoms with van der Waals surface area (Å²) in [6.07, 6.45) is 2.29. The van der Waals surface area contributed by atoms with Crippen molar-refractivity contribution >= 4 is 23.6 Å². The number of benzene rings is 1. The number of nitrogen functional groups attached to an aromatic ring is 1. The number of nitrogens with two attached hydrogens (primary N) is 1. The van der Waals surface area contributed by atoms with Crippen LogP contribution in [0.25, 0.3) is 11.3 Å². The molecule has 4 nitrogen and oxygen atoms in total. The Morgan fingerprint density at radius 3 is 2.83 bits per heavy atom. The molecule has 1 heterocycles. The van der Waals surface area contributed by atoms with E-state index in [1.807, 2.05) is 0 Å². The van der Waals surface area contributed by atoms with Gasteiger partial charge in [0.15, 0.2) is 0 Å². The molecule has 0 saturated heterocycles. The number of nitrogens with zero attached hydrogens (tertiary/aromatic N) is 1. The van der Waals surface area contributed by atoms with Gasteiger partial charge in [0.25, 0.3) is 0 Å². The van der Waals surface area contributed by atoms with Gasteiger partial charge in [-0.2, -0.15) is 0 Å². The van der Waals surface area contributed by atoms with Crippen LogP contribution in [0.5, 0.6) is 5.75 Å². The number of carbonyl (C=O) groups is 1. The second-order valence-corrected chi connectivity index (χ2v) is 4.04. The Morgan fingerprint density at radius 2 is 2.17 bits per heavy atom. The van der Waals surface area contributed by atoms with Crippen molar-refractivity contribution in [1.82, 2.24) is 4.98 Å². The normalized spacial score (nSPS) is 10.1. The number of rotatable bonds is 3. The van der Waals surface area contributed by atoms with Gasteiger partial charge in [0.2, 0.25) is 0 Å². The number of halogens is 1. The number of aromatic nitrogens is 1. The van der Waals surface area contributed by atoms with Crippen molar-refractivity contribution in [3.63, 3.8) is 0 Å². The average Bonchev–Trinajstić information content (AvgIpc) is 2.41. The molecule has 0 amide bonds. The third kappa shape index (κ3) is 2.15. The predicted octanol–water partition coefficient (Wildman–Crippen LogP) is 2.81. The molecule has 2 aromatic rings. The molecule has 0 saturated carbocycles. The zero-order valence-electron chi connectivity index (χ0n) is 9.68. The van der Waals surface area contributed by atoms with Gasteiger partial charge >= 0.3 is 0 Å². The number of methoxy groups -OCH3 is 1. The number of ether oxygens (including phenoxy) is 1. The fourth-order valence-corrected chi connectivity index (χ4v) is 1.93. The van der Waals surface area contributed by atoms with Crippen LogP contribution in [0.4, 0.5) is 5.69 Å². The van der Waals surface area contributed by atoms with Crippen molar-refractivity contribution in [2.24, 2.45) is 0 Å². The van der Waals surface area contributed by atoms with Gasteiger partial charge in [0.05, 0.1) is 23.4 Å². The SMILES string of the molecule is COc1c(Cl)ccc(N)c1-c1cc(C=O)ccn1. The van der Waals surface area contributed by atoms with Gasteiger partial charge in [-0.1, -0.05) is 11.6 Å². The maximum atomic E-state index is 10.8. The van der Waals surface area contributed by atoms with Crippen LogP contribution >= 0.6 is 11.6 Å². The predicted molar refractivity (Wildman–Crippen MR) is 71.0 cm³/mol. The average molecular weight is 263 g/mol. The number of anilines is 1. The highest BCUT2D eigenvalue weighted by Crippen LogP contribution is 2.39. The molecule has 2 rings (SSSR count). The van der Waals surface area contributed by atoms with E-state index in [4.69, 9.17) is 22.1 Å². The van der Waals surface area contributed by atoms with E-state index in [9.17, 15) is 4.79 Å². The first-order valence-corrected chi connectivity index (χ1v) is 5.58. The van der Waals surface area contributed by atoms with E-state index in [0.29, 0.717) is 33.3 Å². The van der Waals surface area contributed by atoms with Crippen LogP contribution in [0.1, 0.15) is 10.4 Å².